The third-order valence-corrected chi connectivity index (χ3v) is 3.58. The summed E-state index contributed by atoms with van der Waals surface area (Å²) in [5.74, 6) is 0. The van der Waals surface area contributed by atoms with Gasteiger partial charge in [0, 0.05) is 17.3 Å². The Bertz CT molecular complexity index is 386. The summed E-state index contributed by atoms with van der Waals surface area (Å²) < 4.78 is 1.16. The van der Waals surface area contributed by atoms with Crippen molar-refractivity contribution < 1.29 is 0 Å². The Morgan fingerprint density at radius 2 is 2.43 bits per heavy atom. The van der Waals surface area contributed by atoms with E-state index in [9.17, 15) is 0 Å². The van der Waals surface area contributed by atoms with Crippen molar-refractivity contribution in [1.29, 1.82) is 0 Å². The zero-order valence-corrected chi connectivity index (χ0v) is 10.4. The van der Waals surface area contributed by atoms with Crippen LogP contribution in [0.25, 0.3) is 0 Å². The SMILES string of the molecule is ClC1=CN(Cc2ccc(Br)s2)CN=C1. The van der Waals surface area contributed by atoms with E-state index in [1.54, 1.807) is 17.6 Å². The molecule has 2 heterocycles. The number of nitrogens with zero attached hydrogens (tertiary/aromatic N) is 2. The molecule has 1 aliphatic rings. The second-order valence-corrected chi connectivity index (χ2v) is 5.90. The molecule has 2 rings (SSSR count). The van der Waals surface area contributed by atoms with Crippen molar-refractivity contribution in [3.05, 3.63) is 32.0 Å². The third-order valence-electron chi connectivity index (χ3n) is 1.77. The largest absolute Gasteiger partial charge is 0.352 e. The topological polar surface area (TPSA) is 15.6 Å². The molecule has 0 N–H and O–H groups in total. The molecular formula is C9H8BrClN2S. The fraction of sp³-hybridized carbons (Fsp3) is 0.222. The van der Waals surface area contributed by atoms with Crippen molar-refractivity contribution in [1.82, 2.24) is 4.90 Å². The van der Waals surface area contributed by atoms with Crippen LogP contribution < -0.4 is 0 Å². The van der Waals surface area contributed by atoms with Crippen LogP contribution in [0.4, 0.5) is 0 Å². The quantitative estimate of drug-likeness (QED) is 0.815. The van der Waals surface area contributed by atoms with Gasteiger partial charge in [0.1, 0.15) is 6.67 Å². The second kappa shape index (κ2) is 4.47. The summed E-state index contributed by atoms with van der Waals surface area (Å²) in [4.78, 5) is 7.52. The minimum atomic E-state index is 0.686. The van der Waals surface area contributed by atoms with Gasteiger partial charge in [-0.05, 0) is 28.1 Å². The van der Waals surface area contributed by atoms with Crippen LogP contribution in [0, 0.1) is 0 Å². The van der Waals surface area contributed by atoms with Crippen LogP contribution in [0.2, 0.25) is 0 Å². The van der Waals surface area contributed by atoms with Crippen molar-refractivity contribution in [2.24, 2.45) is 4.99 Å². The Kier molecular flexibility index (Phi) is 3.26. The van der Waals surface area contributed by atoms with Gasteiger partial charge in [-0.3, -0.25) is 4.99 Å². The molecule has 0 saturated heterocycles. The Morgan fingerprint density at radius 3 is 3.07 bits per heavy atom. The van der Waals surface area contributed by atoms with Gasteiger partial charge in [0.05, 0.1) is 15.4 Å². The lowest BCUT2D eigenvalue weighted by molar-refractivity contribution is 0.382. The summed E-state index contributed by atoms with van der Waals surface area (Å²) in [7, 11) is 0. The normalized spacial score (nSPS) is 15.9. The summed E-state index contributed by atoms with van der Waals surface area (Å²) in [6, 6.07) is 4.16. The summed E-state index contributed by atoms with van der Waals surface area (Å²) >= 11 is 11.0. The molecule has 0 spiro atoms. The molecular weight excluding hydrogens is 284 g/mol. The smallest absolute Gasteiger partial charge is 0.110 e. The highest BCUT2D eigenvalue weighted by atomic mass is 79.9. The lowest BCUT2D eigenvalue weighted by atomic mass is 10.4. The number of halogens is 2. The average Bonchev–Trinajstić information content (AvgIpc) is 2.51. The van der Waals surface area contributed by atoms with E-state index in [1.165, 1.54) is 4.88 Å². The van der Waals surface area contributed by atoms with Crippen LogP contribution >= 0.6 is 38.9 Å². The highest BCUT2D eigenvalue weighted by molar-refractivity contribution is 9.11. The molecule has 1 aromatic rings. The van der Waals surface area contributed by atoms with E-state index in [-0.39, 0.29) is 0 Å². The van der Waals surface area contributed by atoms with Crippen LogP contribution in [-0.4, -0.2) is 17.8 Å². The Labute approximate surface area is 100 Å². The molecule has 0 unspecified atom stereocenters. The summed E-state index contributed by atoms with van der Waals surface area (Å²) in [5, 5.41) is 0.687. The molecule has 2 nitrogen and oxygen atoms in total. The molecule has 0 aromatic carbocycles. The molecule has 0 amide bonds. The number of aliphatic imine (C=N–C) groups is 1. The van der Waals surface area contributed by atoms with Gasteiger partial charge in [-0.15, -0.1) is 11.3 Å². The Balaban J connectivity index is 2.02. The van der Waals surface area contributed by atoms with Gasteiger partial charge < -0.3 is 4.90 Å². The first-order valence-corrected chi connectivity index (χ1v) is 6.08. The van der Waals surface area contributed by atoms with Crippen molar-refractivity contribution >= 4 is 45.1 Å². The number of rotatable bonds is 2. The standard InChI is InChI=1S/C9H8BrClN2S/c10-9-2-1-8(14-9)5-13-4-7(11)3-12-6-13/h1-4H,5-6H2. The molecule has 0 radical (unpaired) electrons. The number of hydrogen-bond acceptors (Lipinski definition) is 3. The maximum atomic E-state index is 5.85. The molecule has 14 heavy (non-hydrogen) atoms. The van der Waals surface area contributed by atoms with Crippen molar-refractivity contribution in [2.45, 2.75) is 6.54 Å². The van der Waals surface area contributed by atoms with E-state index in [0.29, 0.717) is 11.7 Å². The van der Waals surface area contributed by atoms with Gasteiger partial charge >= 0.3 is 0 Å². The number of hydrogen-bond donors (Lipinski definition) is 0. The summed E-state index contributed by atoms with van der Waals surface area (Å²) in [5.41, 5.74) is 0. The first-order chi connectivity index (χ1) is 6.74. The molecule has 0 bridgehead atoms. The monoisotopic (exact) mass is 290 g/mol. The van der Waals surface area contributed by atoms with Crippen LogP contribution in [-0.2, 0) is 6.54 Å². The second-order valence-electron chi connectivity index (χ2n) is 2.92. The molecule has 0 aliphatic carbocycles. The van der Waals surface area contributed by atoms with Gasteiger partial charge in [-0.2, -0.15) is 0 Å². The fourth-order valence-corrected chi connectivity index (χ4v) is 2.93. The van der Waals surface area contributed by atoms with Crippen LogP contribution in [0.15, 0.2) is 32.1 Å². The van der Waals surface area contributed by atoms with E-state index >= 15 is 0 Å². The highest BCUT2D eigenvalue weighted by Gasteiger charge is 2.06. The maximum absolute atomic E-state index is 5.85. The predicted molar refractivity (Wildman–Crippen MR) is 64.9 cm³/mol. The zero-order valence-electron chi connectivity index (χ0n) is 7.28. The van der Waals surface area contributed by atoms with Crippen molar-refractivity contribution in [2.75, 3.05) is 6.67 Å². The zero-order chi connectivity index (χ0) is 9.97. The Morgan fingerprint density at radius 1 is 1.57 bits per heavy atom. The average molecular weight is 292 g/mol. The van der Waals surface area contributed by atoms with Gasteiger partial charge in [0.2, 0.25) is 0 Å². The molecule has 1 aromatic heterocycles. The van der Waals surface area contributed by atoms with E-state index in [1.807, 2.05) is 6.20 Å². The molecule has 1 aliphatic heterocycles. The van der Waals surface area contributed by atoms with Crippen molar-refractivity contribution in [3.63, 3.8) is 0 Å². The van der Waals surface area contributed by atoms with Crippen LogP contribution in [0.3, 0.4) is 0 Å². The molecule has 5 heteroatoms. The molecule has 0 fully saturated rings. The maximum Gasteiger partial charge on any atom is 0.110 e. The van der Waals surface area contributed by atoms with Gasteiger partial charge in [0.15, 0.2) is 0 Å². The number of thiophene rings is 1. The van der Waals surface area contributed by atoms with E-state index in [2.05, 4.69) is 38.0 Å². The van der Waals surface area contributed by atoms with Crippen LogP contribution in [0.5, 0.6) is 0 Å². The van der Waals surface area contributed by atoms with E-state index in [4.69, 9.17) is 11.6 Å². The predicted octanol–water partition coefficient (Wildman–Crippen LogP) is 3.43. The summed E-state index contributed by atoms with van der Waals surface area (Å²) in [6.07, 6.45) is 3.60. The van der Waals surface area contributed by atoms with Gasteiger partial charge in [0.25, 0.3) is 0 Å². The lowest BCUT2D eigenvalue weighted by Gasteiger charge is -2.19. The van der Waals surface area contributed by atoms with Crippen molar-refractivity contribution in [3.8, 4) is 0 Å². The van der Waals surface area contributed by atoms with E-state index in [0.717, 1.165) is 10.3 Å². The molecule has 0 atom stereocenters. The van der Waals surface area contributed by atoms with Crippen LogP contribution in [0.1, 0.15) is 4.88 Å². The fourth-order valence-electron chi connectivity index (χ4n) is 1.21. The summed E-state index contributed by atoms with van der Waals surface area (Å²) in [6.45, 7) is 1.55. The minimum absolute atomic E-state index is 0.686. The Hall–Kier alpha value is -0.320. The third kappa shape index (κ3) is 2.59. The lowest BCUT2D eigenvalue weighted by Crippen LogP contribution is -2.19. The first-order valence-electron chi connectivity index (χ1n) is 4.09. The van der Waals surface area contributed by atoms with Gasteiger partial charge in [-0.1, -0.05) is 11.6 Å². The minimum Gasteiger partial charge on any atom is -0.352 e. The first kappa shape index (κ1) is 10.2. The van der Waals surface area contributed by atoms with E-state index < -0.39 is 0 Å². The molecule has 0 saturated carbocycles. The number of allylic oxidation sites excluding steroid dienone is 1. The molecule has 74 valence electrons. The van der Waals surface area contributed by atoms with Gasteiger partial charge in [-0.25, -0.2) is 0 Å². The highest BCUT2D eigenvalue weighted by Crippen LogP contribution is 2.24.